The second-order valence-corrected chi connectivity index (χ2v) is 5.87. The van der Waals surface area contributed by atoms with Gasteiger partial charge in [-0.15, -0.1) is 0 Å². The third kappa shape index (κ3) is 4.19. The highest BCUT2D eigenvalue weighted by atomic mass is 35.5. The quantitative estimate of drug-likeness (QED) is 0.695. The first-order valence-corrected chi connectivity index (χ1v) is 7.45. The Balaban J connectivity index is 2.00. The van der Waals surface area contributed by atoms with Crippen molar-refractivity contribution in [3.63, 3.8) is 0 Å². The standard InChI is InChI=1S/C15H21ClFN5/c1-22(2)9-3-7-19-14-6-8-20-15(18,21-14)11-4-5-13(17)12(16)10-11/h4-6,8,10,19,21H,3,7,9,18H2,1-2H3. The Morgan fingerprint density at radius 3 is 2.91 bits per heavy atom. The van der Waals surface area contributed by atoms with Crippen LogP contribution in [0.2, 0.25) is 5.02 Å². The Hall–Kier alpha value is -1.63. The van der Waals surface area contributed by atoms with Crippen LogP contribution < -0.4 is 16.4 Å². The highest BCUT2D eigenvalue weighted by Gasteiger charge is 2.29. The Kier molecular flexibility index (Phi) is 5.39. The normalized spacial score (nSPS) is 20.7. The smallest absolute Gasteiger partial charge is 0.210 e. The molecule has 0 spiro atoms. The molecule has 0 saturated carbocycles. The number of hydrogen-bond donors (Lipinski definition) is 3. The van der Waals surface area contributed by atoms with Gasteiger partial charge >= 0.3 is 0 Å². The molecule has 7 heteroatoms. The van der Waals surface area contributed by atoms with E-state index in [1.54, 1.807) is 12.3 Å². The Labute approximate surface area is 135 Å². The molecule has 22 heavy (non-hydrogen) atoms. The van der Waals surface area contributed by atoms with Gasteiger partial charge in [0.25, 0.3) is 0 Å². The van der Waals surface area contributed by atoms with Gasteiger partial charge in [0.1, 0.15) is 11.6 Å². The Morgan fingerprint density at radius 1 is 1.45 bits per heavy atom. The van der Waals surface area contributed by atoms with Crippen molar-refractivity contribution < 1.29 is 4.39 Å². The van der Waals surface area contributed by atoms with E-state index in [9.17, 15) is 4.39 Å². The first-order chi connectivity index (χ1) is 10.4. The molecule has 0 aromatic heterocycles. The zero-order chi connectivity index (χ0) is 16.2. The number of aliphatic imine (C=N–C) groups is 1. The lowest BCUT2D eigenvalue weighted by Gasteiger charge is -2.32. The van der Waals surface area contributed by atoms with E-state index in [4.69, 9.17) is 17.3 Å². The molecule has 0 fully saturated rings. The van der Waals surface area contributed by atoms with Crippen molar-refractivity contribution in [2.75, 3.05) is 27.2 Å². The second-order valence-electron chi connectivity index (χ2n) is 5.46. The van der Waals surface area contributed by atoms with Crippen molar-refractivity contribution in [2.45, 2.75) is 12.2 Å². The molecule has 1 aromatic carbocycles. The fraction of sp³-hybridized carbons (Fsp3) is 0.400. The molecule has 5 nitrogen and oxygen atoms in total. The van der Waals surface area contributed by atoms with E-state index in [-0.39, 0.29) is 5.02 Å². The molecule has 120 valence electrons. The van der Waals surface area contributed by atoms with Gasteiger partial charge in [0, 0.05) is 18.3 Å². The van der Waals surface area contributed by atoms with Crippen molar-refractivity contribution in [1.82, 2.24) is 15.5 Å². The summed E-state index contributed by atoms with van der Waals surface area (Å²) in [6, 6.07) is 4.34. The highest BCUT2D eigenvalue weighted by Crippen LogP contribution is 2.24. The van der Waals surface area contributed by atoms with E-state index in [2.05, 4.69) is 20.5 Å². The van der Waals surface area contributed by atoms with Crippen LogP contribution in [0.25, 0.3) is 0 Å². The fourth-order valence-electron chi connectivity index (χ4n) is 2.11. The second kappa shape index (κ2) is 7.09. The predicted molar refractivity (Wildman–Crippen MR) is 88.2 cm³/mol. The van der Waals surface area contributed by atoms with Gasteiger partial charge < -0.3 is 15.5 Å². The van der Waals surface area contributed by atoms with E-state index >= 15 is 0 Å². The monoisotopic (exact) mass is 325 g/mol. The summed E-state index contributed by atoms with van der Waals surface area (Å²) in [6.07, 6.45) is 4.44. The highest BCUT2D eigenvalue weighted by molar-refractivity contribution is 6.30. The number of rotatable bonds is 6. The van der Waals surface area contributed by atoms with Gasteiger partial charge in [0.15, 0.2) is 0 Å². The summed E-state index contributed by atoms with van der Waals surface area (Å²) in [6.45, 7) is 1.81. The first kappa shape index (κ1) is 16.7. The molecule has 2 rings (SSSR count). The maximum absolute atomic E-state index is 13.3. The zero-order valence-corrected chi connectivity index (χ0v) is 13.5. The lowest BCUT2D eigenvalue weighted by Crippen LogP contribution is -2.52. The van der Waals surface area contributed by atoms with Gasteiger partial charge in [0.2, 0.25) is 5.79 Å². The van der Waals surface area contributed by atoms with Gasteiger partial charge in [-0.3, -0.25) is 5.73 Å². The topological polar surface area (TPSA) is 65.7 Å². The number of nitrogens with zero attached hydrogens (tertiary/aromatic N) is 2. The van der Waals surface area contributed by atoms with Crippen LogP contribution >= 0.6 is 11.6 Å². The van der Waals surface area contributed by atoms with Gasteiger partial charge in [-0.25, -0.2) is 9.38 Å². The third-order valence-corrected chi connectivity index (χ3v) is 3.59. The molecule has 0 radical (unpaired) electrons. The lowest BCUT2D eigenvalue weighted by molar-refractivity contribution is 0.370. The molecule has 0 aliphatic carbocycles. The van der Waals surface area contributed by atoms with Crippen LogP contribution in [0.3, 0.4) is 0 Å². The molecule has 0 amide bonds. The van der Waals surface area contributed by atoms with Gasteiger partial charge in [-0.05, 0) is 45.3 Å². The van der Waals surface area contributed by atoms with Crippen molar-refractivity contribution in [1.29, 1.82) is 0 Å². The van der Waals surface area contributed by atoms with Gasteiger partial charge in [-0.1, -0.05) is 17.7 Å². The van der Waals surface area contributed by atoms with Crippen LogP contribution in [0.15, 0.2) is 35.1 Å². The third-order valence-electron chi connectivity index (χ3n) is 3.30. The number of nitrogens with one attached hydrogen (secondary N) is 2. The summed E-state index contributed by atoms with van der Waals surface area (Å²) in [5.74, 6) is -0.862. The van der Waals surface area contributed by atoms with E-state index in [0.717, 1.165) is 25.3 Å². The fourth-order valence-corrected chi connectivity index (χ4v) is 2.29. The van der Waals surface area contributed by atoms with Crippen LogP contribution in [0.4, 0.5) is 4.39 Å². The average Bonchev–Trinajstić information content (AvgIpc) is 2.46. The summed E-state index contributed by atoms with van der Waals surface area (Å²) in [5, 5.41) is 6.41. The predicted octanol–water partition coefficient (Wildman–Crippen LogP) is 1.60. The first-order valence-electron chi connectivity index (χ1n) is 7.07. The van der Waals surface area contributed by atoms with E-state index in [0.29, 0.717) is 5.56 Å². The van der Waals surface area contributed by atoms with Crippen LogP contribution in [-0.4, -0.2) is 38.3 Å². The summed E-state index contributed by atoms with van der Waals surface area (Å²) in [4.78, 5) is 6.37. The largest absolute Gasteiger partial charge is 0.372 e. The van der Waals surface area contributed by atoms with Crippen molar-refractivity contribution in [3.05, 3.63) is 46.5 Å². The molecular weight excluding hydrogens is 305 g/mol. The molecule has 1 heterocycles. The molecular formula is C15H21ClFN5. The SMILES string of the molecule is CN(C)CCCNC1=CC=NC(N)(c2ccc(F)c(Cl)c2)N1. The van der Waals surface area contributed by atoms with Gasteiger partial charge in [-0.2, -0.15) is 0 Å². The van der Waals surface area contributed by atoms with Gasteiger partial charge in [0.05, 0.1) is 5.02 Å². The molecule has 0 saturated heterocycles. The molecule has 4 N–H and O–H groups in total. The summed E-state index contributed by atoms with van der Waals surface area (Å²) in [5.41, 5.74) is 6.86. The maximum atomic E-state index is 13.3. The van der Waals surface area contributed by atoms with Crippen LogP contribution in [-0.2, 0) is 5.79 Å². The number of nitrogens with two attached hydrogens (primary N) is 1. The summed E-state index contributed by atoms with van der Waals surface area (Å²) >= 11 is 5.82. The number of hydrogen-bond acceptors (Lipinski definition) is 5. The molecule has 1 aliphatic rings. The number of allylic oxidation sites excluding steroid dienone is 1. The van der Waals surface area contributed by atoms with E-state index in [1.165, 1.54) is 12.1 Å². The van der Waals surface area contributed by atoms with E-state index < -0.39 is 11.6 Å². The minimum absolute atomic E-state index is 0.0226. The minimum Gasteiger partial charge on any atom is -0.372 e. The molecule has 1 aromatic rings. The average molecular weight is 326 g/mol. The van der Waals surface area contributed by atoms with Crippen LogP contribution in [0.5, 0.6) is 0 Å². The number of benzene rings is 1. The molecule has 1 unspecified atom stereocenters. The number of halogens is 2. The summed E-state index contributed by atoms with van der Waals surface area (Å²) in [7, 11) is 4.07. The van der Waals surface area contributed by atoms with E-state index in [1.807, 2.05) is 20.2 Å². The Morgan fingerprint density at radius 2 is 2.23 bits per heavy atom. The van der Waals surface area contributed by atoms with Crippen LogP contribution in [0, 0.1) is 5.82 Å². The molecule has 0 bridgehead atoms. The lowest BCUT2D eigenvalue weighted by atomic mass is 10.1. The maximum Gasteiger partial charge on any atom is 0.210 e. The Bertz CT molecular complexity index is 587. The van der Waals surface area contributed by atoms with Crippen LogP contribution in [0.1, 0.15) is 12.0 Å². The van der Waals surface area contributed by atoms with Crippen molar-refractivity contribution >= 4 is 17.8 Å². The minimum atomic E-state index is -1.16. The summed E-state index contributed by atoms with van der Waals surface area (Å²) < 4.78 is 13.3. The van der Waals surface area contributed by atoms with Crippen molar-refractivity contribution in [2.24, 2.45) is 10.7 Å². The molecule has 1 atom stereocenters. The zero-order valence-electron chi connectivity index (χ0n) is 12.7. The molecule has 1 aliphatic heterocycles. The van der Waals surface area contributed by atoms with Crippen molar-refractivity contribution in [3.8, 4) is 0 Å².